The third-order valence-corrected chi connectivity index (χ3v) is 1.70. The van der Waals surface area contributed by atoms with Crippen LogP contribution < -0.4 is 10.6 Å². The number of likely N-dealkylation sites (N-methyl/N-ethyl adjacent to an activating group) is 1. The predicted molar refractivity (Wildman–Crippen MR) is 54.8 cm³/mol. The van der Waals surface area contributed by atoms with Crippen molar-refractivity contribution in [3.63, 3.8) is 0 Å². The minimum absolute atomic E-state index is 0.0687. The second kappa shape index (κ2) is 7.91. The van der Waals surface area contributed by atoms with Crippen molar-refractivity contribution in [2.75, 3.05) is 18.8 Å². The lowest BCUT2D eigenvalue weighted by molar-refractivity contribution is -0.126. The lowest BCUT2D eigenvalue weighted by atomic mass is 10.3. The van der Waals surface area contributed by atoms with Crippen molar-refractivity contribution < 1.29 is 9.59 Å². The van der Waals surface area contributed by atoms with Crippen LogP contribution >= 0.6 is 12.6 Å². The van der Waals surface area contributed by atoms with Crippen LogP contribution in [0.25, 0.3) is 0 Å². The Morgan fingerprint density at radius 2 is 1.92 bits per heavy atom. The fraction of sp³-hybridized carbons (Fsp3) is 0.750. The topological polar surface area (TPSA) is 58.2 Å². The zero-order chi connectivity index (χ0) is 10.1. The van der Waals surface area contributed by atoms with Crippen LogP contribution in [0, 0.1) is 0 Å². The van der Waals surface area contributed by atoms with Gasteiger partial charge in [0.2, 0.25) is 11.8 Å². The SMILES string of the molecule is CCNC(=O)CNC(=O)CCCS. The molecule has 0 heterocycles. The van der Waals surface area contributed by atoms with Gasteiger partial charge >= 0.3 is 0 Å². The van der Waals surface area contributed by atoms with Crippen molar-refractivity contribution in [3.05, 3.63) is 0 Å². The first-order valence-corrected chi connectivity index (χ1v) is 4.98. The number of amides is 2. The monoisotopic (exact) mass is 204 g/mol. The molecule has 0 atom stereocenters. The van der Waals surface area contributed by atoms with Crippen LogP contribution in [-0.2, 0) is 9.59 Å². The zero-order valence-corrected chi connectivity index (χ0v) is 8.69. The highest BCUT2D eigenvalue weighted by Gasteiger charge is 2.02. The molecule has 0 aliphatic heterocycles. The molecule has 0 aliphatic carbocycles. The van der Waals surface area contributed by atoms with Crippen molar-refractivity contribution >= 4 is 24.4 Å². The lowest BCUT2D eigenvalue weighted by Gasteiger charge is -2.04. The molecule has 0 bridgehead atoms. The number of hydrogen-bond donors (Lipinski definition) is 3. The Morgan fingerprint density at radius 3 is 2.46 bits per heavy atom. The van der Waals surface area contributed by atoms with Crippen LogP contribution in [0.1, 0.15) is 19.8 Å². The Bertz CT molecular complexity index is 174. The van der Waals surface area contributed by atoms with Gasteiger partial charge in [0.05, 0.1) is 6.54 Å². The van der Waals surface area contributed by atoms with E-state index in [-0.39, 0.29) is 18.4 Å². The van der Waals surface area contributed by atoms with E-state index in [1.165, 1.54) is 0 Å². The van der Waals surface area contributed by atoms with E-state index in [0.717, 1.165) is 6.42 Å². The molecule has 0 saturated heterocycles. The maximum atomic E-state index is 11.0. The van der Waals surface area contributed by atoms with E-state index in [2.05, 4.69) is 23.3 Å². The van der Waals surface area contributed by atoms with Crippen LogP contribution in [0.5, 0.6) is 0 Å². The van der Waals surface area contributed by atoms with E-state index in [0.29, 0.717) is 18.7 Å². The summed E-state index contributed by atoms with van der Waals surface area (Å²) in [7, 11) is 0. The summed E-state index contributed by atoms with van der Waals surface area (Å²) in [6, 6.07) is 0. The molecule has 2 amide bonds. The van der Waals surface area contributed by atoms with Gasteiger partial charge in [-0.15, -0.1) is 0 Å². The third kappa shape index (κ3) is 7.64. The maximum absolute atomic E-state index is 11.0. The Kier molecular flexibility index (Phi) is 7.48. The summed E-state index contributed by atoms with van der Waals surface area (Å²) >= 11 is 3.98. The highest BCUT2D eigenvalue weighted by Crippen LogP contribution is 1.90. The molecule has 0 aromatic rings. The molecule has 5 heteroatoms. The number of carbonyl (C=O) groups is 2. The van der Waals surface area contributed by atoms with E-state index < -0.39 is 0 Å². The van der Waals surface area contributed by atoms with Gasteiger partial charge in [0.15, 0.2) is 0 Å². The summed E-state index contributed by atoms with van der Waals surface area (Å²) in [5.41, 5.74) is 0. The van der Waals surface area contributed by atoms with Gasteiger partial charge in [-0.25, -0.2) is 0 Å². The molecule has 0 fully saturated rings. The number of carbonyl (C=O) groups excluding carboxylic acids is 2. The molecule has 4 nitrogen and oxygen atoms in total. The fourth-order valence-corrected chi connectivity index (χ4v) is 0.925. The van der Waals surface area contributed by atoms with Crippen LogP contribution in [0.2, 0.25) is 0 Å². The van der Waals surface area contributed by atoms with Crippen molar-refractivity contribution in [1.29, 1.82) is 0 Å². The van der Waals surface area contributed by atoms with Crippen molar-refractivity contribution in [1.82, 2.24) is 10.6 Å². The molecule has 0 unspecified atom stereocenters. The second-order valence-corrected chi connectivity index (χ2v) is 3.00. The van der Waals surface area contributed by atoms with Crippen LogP contribution in [-0.4, -0.2) is 30.7 Å². The Hall–Kier alpha value is -0.710. The van der Waals surface area contributed by atoms with Gasteiger partial charge in [-0.3, -0.25) is 9.59 Å². The van der Waals surface area contributed by atoms with E-state index in [1.807, 2.05) is 6.92 Å². The fourth-order valence-electron chi connectivity index (χ4n) is 0.767. The van der Waals surface area contributed by atoms with Crippen LogP contribution in [0.15, 0.2) is 0 Å². The summed E-state index contributed by atoms with van der Waals surface area (Å²) in [4.78, 5) is 21.9. The standard InChI is InChI=1S/C8H16N2O2S/c1-2-9-8(12)6-10-7(11)4-3-5-13/h13H,2-6H2,1H3,(H,9,12)(H,10,11). The van der Waals surface area contributed by atoms with Crippen LogP contribution in [0.3, 0.4) is 0 Å². The van der Waals surface area contributed by atoms with E-state index in [9.17, 15) is 9.59 Å². The first kappa shape index (κ1) is 12.3. The summed E-state index contributed by atoms with van der Waals surface area (Å²) < 4.78 is 0. The molecule has 0 radical (unpaired) electrons. The summed E-state index contributed by atoms with van der Waals surface area (Å²) in [5.74, 6) is 0.441. The average molecular weight is 204 g/mol. The Balaban J connectivity index is 3.40. The highest BCUT2D eigenvalue weighted by atomic mass is 32.1. The summed E-state index contributed by atoms with van der Waals surface area (Å²) in [6.45, 7) is 2.49. The quantitative estimate of drug-likeness (QED) is 0.531. The number of hydrogen-bond acceptors (Lipinski definition) is 3. The molecule has 13 heavy (non-hydrogen) atoms. The molecule has 76 valence electrons. The normalized spacial score (nSPS) is 9.38. The first-order chi connectivity index (χ1) is 6.20. The van der Waals surface area contributed by atoms with Crippen molar-refractivity contribution in [2.45, 2.75) is 19.8 Å². The first-order valence-electron chi connectivity index (χ1n) is 4.35. The van der Waals surface area contributed by atoms with Crippen molar-refractivity contribution in [3.8, 4) is 0 Å². The smallest absolute Gasteiger partial charge is 0.239 e. The highest BCUT2D eigenvalue weighted by molar-refractivity contribution is 7.80. The zero-order valence-electron chi connectivity index (χ0n) is 7.80. The van der Waals surface area contributed by atoms with Gasteiger partial charge in [-0.05, 0) is 19.1 Å². The van der Waals surface area contributed by atoms with Gasteiger partial charge in [0, 0.05) is 13.0 Å². The largest absolute Gasteiger partial charge is 0.355 e. The van der Waals surface area contributed by atoms with Gasteiger partial charge in [-0.1, -0.05) is 0 Å². The van der Waals surface area contributed by atoms with Gasteiger partial charge in [-0.2, -0.15) is 12.6 Å². The summed E-state index contributed by atoms with van der Waals surface area (Å²) in [6.07, 6.45) is 1.17. The number of thiol groups is 1. The van der Waals surface area contributed by atoms with Crippen LogP contribution in [0.4, 0.5) is 0 Å². The average Bonchev–Trinajstić information content (AvgIpc) is 2.12. The molecular formula is C8H16N2O2S. The molecule has 2 N–H and O–H groups in total. The van der Waals surface area contributed by atoms with E-state index in [4.69, 9.17) is 0 Å². The molecule has 0 spiro atoms. The molecular weight excluding hydrogens is 188 g/mol. The van der Waals surface area contributed by atoms with Gasteiger partial charge in [0.1, 0.15) is 0 Å². The Morgan fingerprint density at radius 1 is 1.23 bits per heavy atom. The predicted octanol–water partition coefficient (Wildman–Crippen LogP) is -0.0513. The minimum Gasteiger partial charge on any atom is -0.355 e. The van der Waals surface area contributed by atoms with E-state index >= 15 is 0 Å². The molecule has 0 saturated carbocycles. The lowest BCUT2D eigenvalue weighted by Crippen LogP contribution is -2.36. The molecule has 0 aliphatic rings. The molecule has 0 aromatic heterocycles. The maximum Gasteiger partial charge on any atom is 0.239 e. The van der Waals surface area contributed by atoms with Gasteiger partial charge in [0.25, 0.3) is 0 Å². The summed E-state index contributed by atoms with van der Waals surface area (Å²) in [5, 5.41) is 5.11. The second-order valence-electron chi connectivity index (χ2n) is 2.56. The van der Waals surface area contributed by atoms with Crippen molar-refractivity contribution in [2.24, 2.45) is 0 Å². The molecule has 0 rings (SSSR count). The number of rotatable bonds is 6. The minimum atomic E-state index is -0.151. The number of nitrogens with one attached hydrogen (secondary N) is 2. The molecule has 0 aromatic carbocycles. The Labute approximate surface area is 83.9 Å². The third-order valence-electron chi connectivity index (χ3n) is 1.38. The van der Waals surface area contributed by atoms with Gasteiger partial charge < -0.3 is 10.6 Å². The van der Waals surface area contributed by atoms with E-state index in [1.54, 1.807) is 0 Å².